The largest absolute Gasteiger partial charge is 0.469 e. The van der Waals surface area contributed by atoms with Crippen molar-refractivity contribution >= 4 is 47.6 Å². The molecule has 2 atom stereocenters. The summed E-state index contributed by atoms with van der Waals surface area (Å²) in [6.45, 7) is 3.20. The number of carbonyl (C=O) groups is 1. The van der Waals surface area contributed by atoms with Crippen LogP contribution < -0.4 is 10.6 Å². The molecule has 9 heteroatoms. The van der Waals surface area contributed by atoms with Gasteiger partial charge in [-0.1, -0.05) is 6.92 Å². The van der Waals surface area contributed by atoms with E-state index in [9.17, 15) is 4.79 Å². The number of aromatic amines is 1. The second kappa shape index (κ2) is 7.81. The fraction of sp³-hybridized carbons (Fsp3) is 0.500. The number of anilines is 1. The number of nitrogens with one attached hydrogen (secondary N) is 1. The van der Waals surface area contributed by atoms with Gasteiger partial charge in [0.15, 0.2) is 0 Å². The lowest BCUT2D eigenvalue weighted by Crippen LogP contribution is -2.34. The van der Waals surface area contributed by atoms with Gasteiger partial charge in [-0.05, 0) is 12.0 Å². The third kappa shape index (κ3) is 3.36. The number of methoxy groups -OCH3 is 1. The van der Waals surface area contributed by atoms with Gasteiger partial charge in [0.1, 0.15) is 17.8 Å². The number of halogens is 2. The lowest BCUT2D eigenvalue weighted by Gasteiger charge is -2.18. The van der Waals surface area contributed by atoms with Crippen molar-refractivity contribution in [2.24, 2.45) is 11.7 Å². The maximum absolute atomic E-state index is 11.8. The zero-order chi connectivity index (χ0) is 15.0. The number of fused-ring (bicyclic) bond motifs is 1. The van der Waals surface area contributed by atoms with Crippen molar-refractivity contribution in [3.05, 3.63) is 18.1 Å². The highest BCUT2D eigenvalue weighted by molar-refractivity contribution is 5.91. The summed E-state index contributed by atoms with van der Waals surface area (Å²) in [6.07, 6.45) is 4.38. The van der Waals surface area contributed by atoms with Gasteiger partial charge in [-0.2, -0.15) is 0 Å². The molecule has 1 aliphatic heterocycles. The monoisotopic (exact) mass is 361 g/mol. The van der Waals surface area contributed by atoms with E-state index in [-0.39, 0.29) is 42.7 Å². The minimum atomic E-state index is -0.316. The number of aromatic nitrogens is 3. The molecule has 23 heavy (non-hydrogen) atoms. The van der Waals surface area contributed by atoms with Gasteiger partial charge in [0.25, 0.3) is 0 Å². The summed E-state index contributed by atoms with van der Waals surface area (Å²) in [5.74, 6) is 0.254. The average molecular weight is 362 g/mol. The lowest BCUT2D eigenvalue weighted by atomic mass is 10.1. The average Bonchev–Trinajstić information content (AvgIpc) is 3.09. The molecule has 0 aliphatic carbocycles. The van der Waals surface area contributed by atoms with Crippen molar-refractivity contribution in [2.45, 2.75) is 19.4 Å². The Kier molecular flexibility index (Phi) is 6.61. The maximum atomic E-state index is 11.8. The number of hydrogen-bond donors (Lipinski definition) is 2. The number of aryl methyl sites for hydroxylation is 1. The zero-order valence-electron chi connectivity index (χ0n) is 13.0. The highest BCUT2D eigenvalue weighted by atomic mass is 35.5. The SMILES string of the molecule is CCc1c[nH]c2ncnc(N3CC(N)C(C(=O)OC)C3)c12.Cl.Cl. The van der Waals surface area contributed by atoms with E-state index in [1.807, 2.05) is 11.1 Å². The number of nitrogens with zero attached hydrogens (tertiary/aromatic N) is 3. The summed E-state index contributed by atoms with van der Waals surface area (Å²) in [5.41, 5.74) is 8.05. The number of hydrogen-bond acceptors (Lipinski definition) is 6. The summed E-state index contributed by atoms with van der Waals surface area (Å²) in [5, 5.41) is 1.01. The predicted molar refractivity (Wildman–Crippen MR) is 93.5 cm³/mol. The summed E-state index contributed by atoms with van der Waals surface area (Å²) in [6, 6.07) is -0.244. The van der Waals surface area contributed by atoms with Gasteiger partial charge in [0.05, 0.1) is 18.4 Å². The van der Waals surface area contributed by atoms with Crippen LogP contribution in [0, 0.1) is 5.92 Å². The van der Waals surface area contributed by atoms with Crippen LogP contribution in [-0.2, 0) is 16.0 Å². The van der Waals surface area contributed by atoms with Crippen LogP contribution in [0.5, 0.6) is 0 Å². The van der Waals surface area contributed by atoms with Crippen LogP contribution in [-0.4, -0.2) is 47.2 Å². The molecule has 0 radical (unpaired) electrons. The first kappa shape index (κ1) is 19.5. The smallest absolute Gasteiger partial charge is 0.312 e. The molecule has 0 spiro atoms. The van der Waals surface area contributed by atoms with E-state index in [2.05, 4.69) is 21.9 Å². The minimum Gasteiger partial charge on any atom is -0.469 e. The Balaban J connectivity index is 0.00000132. The van der Waals surface area contributed by atoms with Crippen LogP contribution in [0.25, 0.3) is 11.0 Å². The standard InChI is InChI=1S/C14H19N5O2.2ClH/c1-3-8-4-16-12-11(8)13(18-7-17-12)19-5-9(10(15)6-19)14(20)21-2;;/h4,7,9-10H,3,5-6,15H2,1-2H3,(H,16,17,18);2*1H. The van der Waals surface area contributed by atoms with E-state index in [4.69, 9.17) is 10.5 Å². The van der Waals surface area contributed by atoms with Gasteiger partial charge in [-0.3, -0.25) is 4.79 Å². The molecule has 0 bridgehead atoms. The molecule has 2 unspecified atom stereocenters. The van der Waals surface area contributed by atoms with Crippen LogP contribution in [0.3, 0.4) is 0 Å². The predicted octanol–water partition coefficient (Wildman–Crippen LogP) is 1.30. The third-order valence-electron chi connectivity index (χ3n) is 4.08. The molecular weight excluding hydrogens is 341 g/mol. The molecule has 3 rings (SSSR count). The van der Waals surface area contributed by atoms with E-state index in [1.54, 1.807) is 0 Å². The van der Waals surface area contributed by atoms with Gasteiger partial charge in [-0.15, -0.1) is 24.8 Å². The Bertz CT molecular complexity index is 678. The quantitative estimate of drug-likeness (QED) is 0.799. The van der Waals surface area contributed by atoms with E-state index in [0.717, 1.165) is 28.8 Å². The highest BCUT2D eigenvalue weighted by Gasteiger charge is 2.37. The molecule has 128 valence electrons. The Morgan fingerprint density at radius 2 is 2.17 bits per heavy atom. The second-order valence-corrected chi connectivity index (χ2v) is 5.29. The number of rotatable bonds is 3. The van der Waals surface area contributed by atoms with Gasteiger partial charge in [-0.25, -0.2) is 9.97 Å². The second-order valence-electron chi connectivity index (χ2n) is 5.29. The first-order valence-corrected chi connectivity index (χ1v) is 7.05. The van der Waals surface area contributed by atoms with Gasteiger partial charge in [0, 0.05) is 25.3 Å². The van der Waals surface area contributed by atoms with Crippen molar-refractivity contribution in [3.8, 4) is 0 Å². The third-order valence-corrected chi connectivity index (χ3v) is 4.08. The van der Waals surface area contributed by atoms with Crippen LogP contribution in [0.1, 0.15) is 12.5 Å². The summed E-state index contributed by atoms with van der Waals surface area (Å²) >= 11 is 0. The molecule has 1 fully saturated rings. The van der Waals surface area contributed by atoms with Gasteiger partial charge < -0.3 is 20.4 Å². The topological polar surface area (TPSA) is 97.1 Å². The molecule has 1 aliphatic rings. The molecule has 0 aromatic carbocycles. The van der Waals surface area contributed by atoms with Crippen LogP contribution in [0.15, 0.2) is 12.5 Å². The lowest BCUT2D eigenvalue weighted by molar-refractivity contribution is -0.145. The summed E-state index contributed by atoms with van der Waals surface area (Å²) in [4.78, 5) is 25.6. The molecule has 2 aromatic heterocycles. The van der Waals surface area contributed by atoms with Crippen LogP contribution in [0.2, 0.25) is 0 Å². The van der Waals surface area contributed by atoms with Gasteiger partial charge >= 0.3 is 5.97 Å². The van der Waals surface area contributed by atoms with Crippen molar-refractivity contribution in [3.63, 3.8) is 0 Å². The molecule has 2 aromatic rings. The molecule has 3 heterocycles. The van der Waals surface area contributed by atoms with E-state index < -0.39 is 0 Å². The van der Waals surface area contributed by atoms with Crippen molar-refractivity contribution in [1.82, 2.24) is 15.0 Å². The number of esters is 1. The van der Waals surface area contributed by atoms with Crippen LogP contribution in [0.4, 0.5) is 5.82 Å². The molecule has 3 N–H and O–H groups in total. The Morgan fingerprint density at radius 1 is 1.43 bits per heavy atom. The number of H-pyrrole nitrogens is 1. The first-order chi connectivity index (χ1) is 10.2. The Morgan fingerprint density at radius 3 is 2.83 bits per heavy atom. The van der Waals surface area contributed by atoms with Crippen molar-refractivity contribution in [1.29, 1.82) is 0 Å². The maximum Gasteiger partial charge on any atom is 0.312 e. The van der Waals surface area contributed by atoms with Gasteiger partial charge in [0.2, 0.25) is 0 Å². The fourth-order valence-corrected chi connectivity index (χ4v) is 2.93. The van der Waals surface area contributed by atoms with E-state index in [1.165, 1.54) is 13.4 Å². The molecular formula is C14H21Cl2N5O2. The molecule has 7 nitrogen and oxygen atoms in total. The minimum absolute atomic E-state index is 0. The number of nitrogens with two attached hydrogens (primary N) is 1. The number of carbonyl (C=O) groups excluding carboxylic acids is 1. The summed E-state index contributed by atoms with van der Waals surface area (Å²) < 4.78 is 4.82. The first-order valence-electron chi connectivity index (χ1n) is 7.05. The Hall–Kier alpha value is -1.57. The highest BCUT2D eigenvalue weighted by Crippen LogP contribution is 2.30. The normalized spacial score (nSPS) is 20.0. The molecule has 1 saturated heterocycles. The van der Waals surface area contributed by atoms with Crippen molar-refractivity contribution in [2.75, 3.05) is 25.1 Å². The van der Waals surface area contributed by atoms with E-state index >= 15 is 0 Å². The number of ether oxygens (including phenoxy) is 1. The van der Waals surface area contributed by atoms with E-state index in [0.29, 0.717) is 13.1 Å². The summed E-state index contributed by atoms with van der Waals surface area (Å²) in [7, 11) is 1.39. The Labute approximate surface area is 146 Å². The van der Waals surface area contributed by atoms with Crippen molar-refractivity contribution < 1.29 is 9.53 Å². The fourth-order valence-electron chi connectivity index (χ4n) is 2.93. The molecule has 0 saturated carbocycles. The molecule has 0 amide bonds. The van der Waals surface area contributed by atoms with Crippen LogP contribution >= 0.6 is 24.8 Å². The zero-order valence-corrected chi connectivity index (χ0v) is 14.6.